The zero-order valence-electron chi connectivity index (χ0n) is 14.9. The molecule has 0 unspecified atom stereocenters. The molecule has 0 heterocycles. The second-order valence-corrected chi connectivity index (χ2v) is 7.43. The van der Waals surface area contributed by atoms with Gasteiger partial charge in [0.2, 0.25) is 0 Å². The Labute approximate surface area is 164 Å². The molecule has 0 amide bonds. The quantitative estimate of drug-likeness (QED) is 0.438. The van der Waals surface area contributed by atoms with E-state index in [1.807, 2.05) is 78.9 Å². The molecule has 0 aliphatic heterocycles. The Balaban J connectivity index is 1.48. The van der Waals surface area contributed by atoms with E-state index in [0.29, 0.717) is 10.8 Å². The van der Waals surface area contributed by atoms with Gasteiger partial charge in [0.25, 0.3) is 0 Å². The highest BCUT2D eigenvalue weighted by Crippen LogP contribution is 2.50. The normalized spacial score (nSPS) is 15.4. The van der Waals surface area contributed by atoms with E-state index >= 15 is 0 Å². The Morgan fingerprint density at radius 2 is 1.63 bits per heavy atom. The van der Waals surface area contributed by atoms with Gasteiger partial charge >= 0.3 is 0 Å². The highest BCUT2D eigenvalue weighted by atomic mass is 35.5. The molecule has 3 aromatic carbocycles. The van der Waals surface area contributed by atoms with E-state index in [1.165, 1.54) is 0 Å². The predicted octanol–water partition coefficient (Wildman–Crippen LogP) is 7.26. The summed E-state index contributed by atoms with van der Waals surface area (Å²) in [6.07, 6.45) is 3.99. The lowest BCUT2D eigenvalue weighted by atomic mass is 9.94. The minimum absolute atomic E-state index is 0.112. The second kappa shape index (κ2) is 7.58. The summed E-state index contributed by atoms with van der Waals surface area (Å²) in [5, 5.41) is 0.703. The number of ether oxygens (including phenoxy) is 1. The highest BCUT2D eigenvalue weighted by molar-refractivity contribution is 6.30. The van der Waals surface area contributed by atoms with E-state index in [0.717, 1.165) is 29.7 Å². The Hall–Kier alpha value is -2.58. The summed E-state index contributed by atoms with van der Waals surface area (Å²) in [4.78, 5) is 0. The van der Waals surface area contributed by atoms with Gasteiger partial charge in [0.15, 0.2) is 0 Å². The third-order valence-electron chi connectivity index (χ3n) is 4.89. The molecule has 1 fully saturated rings. The van der Waals surface area contributed by atoms with Crippen molar-refractivity contribution in [3.8, 4) is 11.5 Å². The third kappa shape index (κ3) is 4.40. The van der Waals surface area contributed by atoms with Crippen LogP contribution in [0.4, 0.5) is 4.39 Å². The van der Waals surface area contributed by atoms with Gasteiger partial charge in [0.1, 0.15) is 17.3 Å². The molecule has 0 atom stereocenters. The number of benzene rings is 3. The first-order valence-corrected chi connectivity index (χ1v) is 9.46. The van der Waals surface area contributed by atoms with Crippen molar-refractivity contribution in [2.75, 3.05) is 0 Å². The van der Waals surface area contributed by atoms with Crippen LogP contribution in [0.25, 0.3) is 0 Å². The summed E-state index contributed by atoms with van der Waals surface area (Å²) in [6, 6.07) is 24.9. The first kappa shape index (κ1) is 17.8. The molecule has 1 aliphatic carbocycles. The minimum atomic E-state index is -0.174. The maximum absolute atomic E-state index is 14.7. The van der Waals surface area contributed by atoms with Crippen LogP contribution < -0.4 is 4.74 Å². The molecular formula is C24H20ClFO. The molecule has 136 valence electrons. The maximum atomic E-state index is 14.7. The molecule has 0 N–H and O–H groups in total. The fraction of sp³-hybridized carbons (Fsp3) is 0.167. The van der Waals surface area contributed by atoms with Crippen LogP contribution in [0.3, 0.4) is 0 Å². The summed E-state index contributed by atoms with van der Waals surface area (Å²) >= 11 is 5.97. The summed E-state index contributed by atoms with van der Waals surface area (Å²) in [5.74, 6) is 1.37. The second-order valence-electron chi connectivity index (χ2n) is 6.99. The summed E-state index contributed by atoms with van der Waals surface area (Å²) in [6.45, 7) is 0. The van der Waals surface area contributed by atoms with Crippen molar-refractivity contribution >= 4 is 11.6 Å². The van der Waals surface area contributed by atoms with Crippen molar-refractivity contribution in [2.45, 2.75) is 24.7 Å². The SMILES string of the molecule is F/C(=C/C1(c2ccc(Cl)cc2)CC1)Cc1cccc(Oc2ccccc2)c1. The van der Waals surface area contributed by atoms with Crippen LogP contribution in [0, 0.1) is 0 Å². The van der Waals surface area contributed by atoms with Gasteiger partial charge in [-0.3, -0.25) is 0 Å². The lowest BCUT2D eigenvalue weighted by Crippen LogP contribution is -2.03. The number of para-hydroxylation sites is 1. The van der Waals surface area contributed by atoms with E-state index in [2.05, 4.69) is 0 Å². The maximum Gasteiger partial charge on any atom is 0.127 e. The minimum Gasteiger partial charge on any atom is -0.457 e. The molecule has 0 bridgehead atoms. The van der Waals surface area contributed by atoms with Crippen molar-refractivity contribution in [3.05, 3.63) is 107 Å². The number of rotatable bonds is 6. The third-order valence-corrected chi connectivity index (χ3v) is 5.14. The zero-order chi connectivity index (χ0) is 18.7. The molecule has 3 aromatic rings. The summed E-state index contributed by atoms with van der Waals surface area (Å²) in [5.41, 5.74) is 1.85. The Kier molecular flexibility index (Phi) is 5.00. The number of allylic oxidation sites excluding steroid dienone is 2. The monoisotopic (exact) mass is 378 g/mol. The lowest BCUT2D eigenvalue weighted by Gasteiger charge is -2.12. The average molecular weight is 379 g/mol. The van der Waals surface area contributed by atoms with Gasteiger partial charge in [-0.25, -0.2) is 4.39 Å². The molecule has 1 nitrogen and oxygen atoms in total. The number of hydrogen-bond donors (Lipinski definition) is 0. The molecule has 0 saturated heterocycles. The van der Waals surface area contributed by atoms with Gasteiger partial charge in [-0.05, 0) is 66.4 Å². The molecule has 1 aliphatic rings. The van der Waals surface area contributed by atoms with Crippen molar-refractivity contribution in [1.82, 2.24) is 0 Å². The van der Waals surface area contributed by atoms with Crippen LogP contribution >= 0.6 is 11.6 Å². The molecule has 0 aromatic heterocycles. The molecule has 0 spiro atoms. The Bertz CT molecular complexity index is 944. The van der Waals surface area contributed by atoms with E-state index in [9.17, 15) is 4.39 Å². The summed E-state index contributed by atoms with van der Waals surface area (Å²) in [7, 11) is 0. The van der Waals surface area contributed by atoms with Crippen molar-refractivity contribution in [1.29, 1.82) is 0 Å². The van der Waals surface area contributed by atoms with E-state index in [4.69, 9.17) is 16.3 Å². The zero-order valence-corrected chi connectivity index (χ0v) is 15.6. The van der Waals surface area contributed by atoms with Gasteiger partial charge in [0, 0.05) is 16.9 Å². The van der Waals surface area contributed by atoms with Crippen LogP contribution in [-0.4, -0.2) is 0 Å². The number of hydrogen-bond acceptors (Lipinski definition) is 1. The summed E-state index contributed by atoms with van der Waals surface area (Å²) < 4.78 is 20.6. The van der Waals surface area contributed by atoms with Gasteiger partial charge < -0.3 is 4.74 Å². The Morgan fingerprint density at radius 3 is 2.33 bits per heavy atom. The molecule has 0 radical (unpaired) electrons. The topological polar surface area (TPSA) is 9.23 Å². The molecular weight excluding hydrogens is 359 g/mol. The van der Waals surface area contributed by atoms with Crippen LogP contribution in [0.1, 0.15) is 24.0 Å². The van der Waals surface area contributed by atoms with E-state index < -0.39 is 0 Å². The van der Waals surface area contributed by atoms with E-state index in [-0.39, 0.29) is 17.7 Å². The lowest BCUT2D eigenvalue weighted by molar-refractivity contribution is 0.482. The Morgan fingerprint density at radius 1 is 0.926 bits per heavy atom. The molecule has 27 heavy (non-hydrogen) atoms. The number of halogens is 2. The van der Waals surface area contributed by atoms with Gasteiger partial charge in [-0.1, -0.05) is 54.1 Å². The van der Waals surface area contributed by atoms with Crippen LogP contribution in [0.2, 0.25) is 5.02 Å². The first-order chi connectivity index (χ1) is 13.1. The highest BCUT2D eigenvalue weighted by Gasteiger charge is 2.42. The van der Waals surface area contributed by atoms with Crippen LogP contribution in [0.5, 0.6) is 11.5 Å². The van der Waals surface area contributed by atoms with Crippen molar-refractivity contribution < 1.29 is 9.13 Å². The van der Waals surface area contributed by atoms with Gasteiger partial charge in [-0.2, -0.15) is 0 Å². The van der Waals surface area contributed by atoms with Crippen LogP contribution in [0.15, 0.2) is 90.8 Å². The largest absolute Gasteiger partial charge is 0.457 e. The fourth-order valence-corrected chi connectivity index (χ4v) is 3.45. The van der Waals surface area contributed by atoms with Crippen molar-refractivity contribution in [3.63, 3.8) is 0 Å². The first-order valence-electron chi connectivity index (χ1n) is 9.08. The smallest absolute Gasteiger partial charge is 0.127 e. The van der Waals surface area contributed by atoms with E-state index in [1.54, 1.807) is 6.08 Å². The predicted molar refractivity (Wildman–Crippen MR) is 108 cm³/mol. The molecule has 4 rings (SSSR count). The average Bonchev–Trinajstić information content (AvgIpc) is 3.44. The fourth-order valence-electron chi connectivity index (χ4n) is 3.32. The van der Waals surface area contributed by atoms with Gasteiger partial charge in [0.05, 0.1) is 0 Å². The van der Waals surface area contributed by atoms with Crippen LogP contribution in [-0.2, 0) is 11.8 Å². The standard InChI is InChI=1S/C24H20ClFO/c25-20-11-9-19(10-12-20)24(13-14-24)17-21(26)15-18-5-4-8-23(16-18)27-22-6-2-1-3-7-22/h1-12,16-17H,13-15H2/b21-17+. The molecule has 1 saturated carbocycles. The van der Waals surface area contributed by atoms with Crippen molar-refractivity contribution in [2.24, 2.45) is 0 Å². The molecule has 3 heteroatoms. The van der Waals surface area contributed by atoms with Gasteiger partial charge in [-0.15, -0.1) is 0 Å².